The van der Waals surface area contributed by atoms with E-state index in [2.05, 4.69) is 0 Å². The summed E-state index contributed by atoms with van der Waals surface area (Å²) >= 11 is 0. The predicted octanol–water partition coefficient (Wildman–Crippen LogP) is 1.53. The number of aliphatic carboxylic acids is 1. The van der Waals surface area contributed by atoms with Crippen LogP contribution >= 0.6 is 0 Å². The Kier molecular flexibility index (Phi) is 6.78. The van der Waals surface area contributed by atoms with Crippen LogP contribution in [0.4, 0.5) is 4.79 Å². The molecule has 0 aromatic heterocycles. The van der Waals surface area contributed by atoms with E-state index in [-0.39, 0.29) is 18.7 Å². The molecule has 2 amide bonds. The lowest BCUT2D eigenvalue weighted by Crippen LogP contribution is -2.53. The van der Waals surface area contributed by atoms with Crippen LogP contribution in [0.3, 0.4) is 0 Å². The van der Waals surface area contributed by atoms with Crippen molar-refractivity contribution >= 4 is 12.0 Å². The molecule has 6 nitrogen and oxygen atoms in total. The standard InChI is InChI=1S/C14H26N2O4/c1-11(2)15(9-6-10-17)14(20)16-8-5-3-4-7-12(16)13(18)19/h11-12,17H,3-10H2,1-2H3,(H,18,19). The Morgan fingerprint density at radius 2 is 2.00 bits per heavy atom. The number of aliphatic hydroxyl groups excluding tert-OH is 1. The summed E-state index contributed by atoms with van der Waals surface area (Å²) in [7, 11) is 0. The molecule has 1 aliphatic rings. The molecule has 0 spiro atoms. The lowest BCUT2D eigenvalue weighted by molar-refractivity contribution is -0.142. The zero-order valence-corrected chi connectivity index (χ0v) is 12.4. The zero-order chi connectivity index (χ0) is 15.1. The van der Waals surface area contributed by atoms with Gasteiger partial charge in [-0.2, -0.15) is 0 Å². The number of carboxylic acid groups (broad SMARTS) is 1. The predicted molar refractivity (Wildman–Crippen MR) is 75.5 cm³/mol. The summed E-state index contributed by atoms with van der Waals surface area (Å²) in [6.45, 7) is 4.79. The Morgan fingerprint density at radius 3 is 2.55 bits per heavy atom. The molecule has 6 heteroatoms. The highest BCUT2D eigenvalue weighted by Gasteiger charge is 2.33. The minimum atomic E-state index is -0.925. The van der Waals surface area contributed by atoms with E-state index in [0.717, 1.165) is 19.3 Å². The molecule has 0 radical (unpaired) electrons. The van der Waals surface area contributed by atoms with E-state index in [1.54, 1.807) is 4.90 Å². The number of rotatable bonds is 5. The van der Waals surface area contributed by atoms with Crippen LogP contribution in [0.15, 0.2) is 0 Å². The number of carbonyl (C=O) groups is 2. The fourth-order valence-electron chi connectivity index (χ4n) is 2.57. The van der Waals surface area contributed by atoms with Crippen molar-refractivity contribution in [3.8, 4) is 0 Å². The van der Waals surface area contributed by atoms with Crippen molar-refractivity contribution in [1.29, 1.82) is 0 Å². The topological polar surface area (TPSA) is 81.1 Å². The molecular formula is C14H26N2O4. The molecule has 1 unspecified atom stereocenters. The second-order valence-electron chi connectivity index (χ2n) is 5.54. The molecule has 0 aromatic carbocycles. The molecule has 1 rings (SSSR count). The Hall–Kier alpha value is -1.30. The van der Waals surface area contributed by atoms with E-state index < -0.39 is 12.0 Å². The summed E-state index contributed by atoms with van der Waals surface area (Å²) in [6, 6.07) is -0.949. The first-order valence-electron chi connectivity index (χ1n) is 7.40. The summed E-state index contributed by atoms with van der Waals surface area (Å²) in [6.07, 6.45) is 3.69. The molecule has 1 heterocycles. The summed E-state index contributed by atoms with van der Waals surface area (Å²) in [5.41, 5.74) is 0. The van der Waals surface area contributed by atoms with Crippen molar-refractivity contribution in [2.45, 2.75) is 58.0 Å². The van der Waals surface area contributed by atoms with Crippen LogP contribution in [-0.4, -0.2) is 63.8 Å². The second-order valence-corrected chi connectivity index (χ2v) is 5.54. The molecule has 2 N–H and O–H groups in total. The number of amides is 2. The summed E-state index contributed by atoms with van der Waals surface area (Å²) < 4.78 is 0. The van der Waals surface area contributed by atoms with Gasteiger partial charge in [0.15, 0.2) is 0 Å². The minimum Gasteiger partial charge on any atom is -0.480 e. The van der Waals surface area contributed by atoms with Gasteiger partial charge in [-0.05, 0) is 33.1 Å². The molecule has 116 valence electrons. The highest BCUT2D eigenvalue weighted by Crippen LogP contribution is 2.19. The first-order valence-corrected chi connectivity index (χ1v) is 7.40. The van der Waals surface area contributed by atoms with Crippen molar-refractivity contribution in [3.63, 3.8) is 0 Å². The third-order valence-electron chi connectivity index (χ3n) is 3.71. The van der Waals surface area contributed by atoms with Gasteiger partial charge < -0.3 is 20.0 Å². The van der Waals surface area contributed by atoms with Crippen LogP contribution in [0.2, 0.25) is 0 Å². The van der Waals surface area contributed by atoms with E-state index in [4.69, 9.17) is 5.11 Å². The van der Waals surface area contributed by atoms with Crippen molar-refractivity contribution in [2.24, 2.45) is 0 Å². The van der Waals surface area contributed by atoms with Gasteiger partial charge in [0.1, 0.15) is 6.04 Å². The van der Waals surface area contributed by atoms with E-state index in [9.17, 15) is 14.7 Å². The van der Waals surface area contributed by atoms with Gasteiger partial charge in [0.05, 0.1) is 0 Å². The number of urea groups is 1. The van der Waals surface area contributed by atoms with Crippen LogP contribution in [0, 0.1) is 0 Å². The van der Waals surface area contributed by atoms with Gasteiger partial charge in [0.2, 0.25) is 0 Å². The fourth-order valence-corrected chi connectivity index (χ4v) is 2.57. The summed E-state index contributed by atoms with van der Waals surface area (Å²) in [5.74, 6) is -0.925. The molecular weight excluding hydrogens is 260 g/mol. The maximum absolute atomic E-state index is 12.6. The third-order valence-corrected chi connectivity index (χ3v) is 3.71. The molecule has 0 aromatic rings. The van der Waals surface area contributed by atoms with Crippen molar-refractivity contribution in [1.82, 2.24) is 9.80 Å². The van der Waals surface area contributed by atoms with Crippen molar-refractivity contribution in [2.75, 3.05) is 19.7 Å². The molecule has 1 fully saturated rings. The SMILES string of the molecule is CC(C)N(CCCO)C(=O)N1CCCCCC1C(=O)O. The molecule has 1 atom stereocenters. The normalized spacial score (nSPS) is 19.8. The Bertz CT molecular complexity index is 333. The highest BCUT2D eigenvalue weighted by molar-refractivity contribution is 5.83. The van der Waals surface area contributed by atoms with E-state index >= 15 is 0 Å². The maximum Gasteiger partial charge on any atom is 0.326 e. The minimum absolute atomic E-state index is 0.00764. The van der Waals surface area contributed by atoms with Crippen LogP contribution in [0.5, 0.6) is 0 Å². The van der Waals surface area contributed by atoms with Crippen molar-refractivity contribution in [3.05, 3.63) is 0 Å². The van der Waals surface area contributed by atoms with Gasteiger partial charge in [0, 0.05) is 25.7 Å². The summed E-state index contributed by atoms with van der Waals surface area (Å²) in [4.78, 5) is 27.1. The average Bonchev–Trinajstić information content (AvgIpc) is 2.63. The van der Waals surface area contributed by atoms with Crippen LogP contribution in [-0.2, 0) is 4.79 Å². The first kappa shape index (κ1) is 16.8. The Morgan fingerprint density at radius 1 is 1.30 bits per heavy atom. The zero-order valence-electron chi connectivity index (χ0n) is 12.4. The molecule has 20 heavy (non-hydrogen) atoms. The quantitative estimate of drug-likeness (QED) is 0.803. The van der Waals surface area contributed by atoms with Gasteiger partial charge in [-0.3, -0.25) is 0 Å². The highest BCUT2D eigenvalue weighted by atomic mass is 16.4. The average molecular weight is 286 g/mol. The van der Waals surface area contributed by atoms with E-state index in [1.807, 2.05) is 13.8 Å². The van der Waals surface area contributed by atoms with Crippen LogP contribution < -0.4 is 0 Å². The monoisotopic (exact) mass is 286 g/mol. The van der Waals surface area contributed by atoms with Gasteiger partial charge in [-0.1, -0.05) is 12.8 Å². The number of aliphatic hydroxyl groups is 1. The number of carbonyl (C=O) groups excluding carboxylic acids is 1. The smallest absolute Gasteiger partial charge is 0.326 e. The number of hydrogen-bond acceptors (Lipinski definition) is 3. The lowest BCUT2D eigenvalue weighted by Gasteiger charge is -2.35. The second kappa shape index (κ2) is 8.09. The van der Waals surface area contributed by atoms with Crippen LogP contribution in [0.1, 0.15) is 46.0 Å². The van der Waals surface area contributed by atoms with Crippen molar-refractivity contribution < 1.29 is 19.8 Å². The van der Waals surface area contributed by atoms with Gasteiger partial charge in [-0.15, -0.1) is 0 Å². The fraction of sp³-hybridized carbons (Fsp3) is 0.857. The number of likely N-dealkylation sites (tertiary alicyclic amines) is 1. The van der Waals surface area contributed by atoms with Gasteiger partial charge >= 0.3 is 12.0 Å². The van der Waals surface area contributed by atoms with Gasteiger partial charge in [-0.25, -0.2) is 9.59 Å². The Labute approximate surface area is 120 Å². The van der Waals surface area contributed by atoms with Gasteiger partial charge in [0.25, 0.3) is 0 Å². The lowest BCUT2D eigenvalue weighted by atomic mass is 10.1. The number of hydrogen-bond donors (Lipinski definition) is 2. The van der Waals surface area contributed by atoms with E-state index in [1.165, 1.54) is 4.90 Å². The molecule has 0 saturated carbocycles. The number of nitrogens with zero attached hydrogens (tertiary/aromatic N) is 2. The molecule has 0 bridgehead atoms. The number of carboxylic acids is 1. The third kappa shape index (κ3) is 4.37. The molecule has 1 aliphatic heterocycles. The van der Waals surface area contributed by atoms with E-state index in [0.29, 0.717) is 25.9 Å². The Balaban J connectivity index is 2.84. The molecule has 1 saturated heterocycles. The van der Waals surface area contributed by atoms with Crippen LogP contribution in [0.25, 0.3) is 0 Å². The summed E-state index contributed by atoms with van der Waals surface area (Å²) in [5, 5.41) is 18.3. The largest absolute Gasteiger partial charge is 0.480 e. The molecule has 0 aliphatic carbocycles. The first-order chi connectivity index (χ1) is 9.49. The maximum atomic E-state index is 12.6.